The summed E-state index contributed by atoms with van der Waals surface area (Å²) in [6, 6.07) is 7.42. The van der Waals surface area contributed by atoms with Gasteiger partial charge in [-0.15, -0.1) is 11.3 Å². The van der Waals surface area contributed by atoms with Gasteiger partial charge in [-0.3, -0.25) is 0 Å². The highest BCUT2D eigenvalue weighted by molar-refractivity contribution is 7.09. The van der Waals surface area contributed by atoms with E-state index in [1.165, 1.54) is 5.38 Å². The van der Waals surface area contributed by atoms with Gasteiger partial charge in [0.25, 0.3) is 0 Å². The number of ether oxygens (including phenoxy) is 1. The minimum atomic E-state index is -4.49. The highest BCUT2D eigenvalue weighted by Crippen LogP contribution is 2.32. The van der Waals surface area contributed by atoms with Gasteiger partial charge in [0.15, 0.2) is 5.01 Å². The number of alkyl halides is 3. The highest BCUT2D eigenvalue weighted by atomic mass is 32.1. The molecule has 0 aliphatic heterocycles. The number of thiazole rings is 1. The molecule has 5 nitrogen and oxygen atoms in total. The normalized spacial score (nSPS) is 14.2. The van der Waals surface area contributed by atoms with Crippen LogP contribution in [0.25, 0.3) is 0 Å². The van der Waals surface area contributed by atoms with Gasteiger partial charge in [0.1, 0.15) is 18.5 Å². The van der Waals surface area contributed by atoms with Crippen LogP contribution >= 0.6 is 11.3 Å². The lowest BCUT2D eigenvalue weighted by atomic mass is 10.1. The van der Waals surface area contributed by atoms with Crippen LogP contribution in [0.3, 0.4) is 0 Å². The molecule has 2 unspecified atom stereocenters. The monoisotopic (exact) mass is 390 g/mol. The van der Waals surface area contributed by atoms with Crippen molar-refractivity contribution in [3.63, 3.8) is 0 Å². The third-order valence-electron chi connectivity index (χ3n) is 3.59. The van der Waals surface area contributed by atoms with E-state index in [4.69, 9.17) is 9.84 Å². The number of aliphatic hydroxyl groups is 2. The van der Waals surface area contributed by atoms with E-state index in [-0.39, 0.29) is 31.5 Å². The minimum Gasteiger partial charge on any atom is -0.491 e. The van der Waals surface area contributed by atoms with E-state index < -0.39 is 17.3 Å². The van der Waals surface area contributed by atoms with Crippen LogP contribution < -0.4 is 10.1 Å². The molecule has 0 fully saturated rings. The van der Waals surface area contributed by atoms with Crippen molar-refractivity contribution in [2.45, 2.75) is 31.7 Å². The van der Waals surface area contributed by atoms with E-state index in [1.807, 2.05) is 19.1 Å². The number of aliphatic hydroxyl groups excluding tert-OH is 2. The number of hydrogen-bond acceptors (Lipinski definition) is 6. The second kappa shape index (κ2) is 9.31. The van der Waals surface area contributed by atoms with Crippen molar-refractivity contribution in [3.05, 3.63) is 45.9 Å². The van der Waals surface area contributed by atoms with Crippen LogP contribution in [0.1, 0.15) is 29.3 Å². The summed E-state index contributed by atoms with van der Waals surface area (Å²) in [6.45, 7) is 2.22. The van der Waals surface area contributed by atoms with E-state index >= 15 is 0 Å². The Morgan fingerprint density at radius 2 is 1.96 bits per heavy atom. The fourth-order valence-electron chi connectivity index (χ4n) is 2.30. The molecule has 26 heavy (non-hydrogen) atoms. The van der Waals surface area contributed by atoms with Crippen molar-refractivity contribution in [3.8, 4) is 5.75 Å². The topological polar surface area (TPSA) is 74.6 Å². The van der Waals surface area contributed by atoms with Gasteiger partial charge in [-0.2, -0.15) is 13.2 Å². The zero-order valence-corrected chi connectivity index (χ0v) is 15.0. The Balaban J connectivity index is 1.80. The van der Waals surface area contributed by atoms with Crippen molar-refractivity contribution in [1.29, 1.82) is 0 Å². The van der Waals surface area contributed by atoms with Crippen LogP contribution in [0.4, 0.5) is 13.2 Å². The van der Waals surface area contributed by atoms with Gasteiger partial charge >= 0.3 is 6.18 Å². The molecule has 2 aromatic rings. The Kier molecular flexibility index (Phi) is 7.39. The molecule has 2 rings (SSSR count). The zero-order chi connectivity index (χ0) is 19.2. The number of aromatic nitrogens is 1. The average Bonchev–Trinajstić information content (AvgIpc) is 3.09. The zero-order valence-electron chi connectivity index (χ0n) is 14.2. The summed E-state index contributed by atoms with van der Waals surface area (Å²) >= 11 is 0.477. The molecular weight excluding hydrogens is 369 g/mol. The molecule has 2 atom stereocenters. The quantitative estimate of drug-likeness (QED) is 0.614. The number of nitrogens with one attached hydrogen (secondary N) is 1. The highest BCUT2D eigenvalue weighted by Gasteiger charge is 2.35. The summed E-state index contributed by atoms with van der Waals surface area (Å²) in [4.78, 5) is 3.45. The number of benzene rings is 1. The summed E-state index contributed by atoms with van der Waals surface area (Å²) in [7, 11) is 0. The molecule has 0 saturated carbocycles. The van der Waals surface area contributed by atoms with Crippen molar-refractivity contribution in [1.82, 2.24) is 10.3 Å². The molecule has 1 heterocycles. The lowest BCUT2D eigenvalue weighted by molar-refractivity contribution is -0.137. The fourth-order valence-corrected chi connectivity index (χ4v) is 3.03. The maximum absolute atomic E-state index is 12.5. The molecule has 0 saturated heterocycles. The molecule has 144 valence electrons. The summed E-state index contributed by atoms with van der Waals surface area (Å²) < 4.78 is 42.9. The van der Waals surface area contributed by atoms with Crippen LogP contribution in [0, 0.1) is 0 Å². The van der Waals surface area contributed by atoms with Gasteiger partial charge < -0.3 is 20.3 Å². The van der Waals surface area contributed by atoms with Gasteiger partial charge in [0.05, 0.1) is 12.3 Å². The summed E-state index contributed by atoms with van der Waals surface area (Å²) in [6.07, 6.45) is -4.91. The SMILES string of the molecule is CC(Cc1ccc(OCCO)cc1)NCC(O)c1csc(C(F)(F)F)n1. The van der Waals surface area contributed by atoms with Gasteiger partial charge in [0.2, 0.25) is 0 Å². The number of halogens is 3. The Labute approximate surface area is 153 Å². The maximum Gasteiger partial charge on any atom is 0.443 e. The first-order chi connectivity index (χ1) is 12.3. The van der Waals surface area contributed by atoms with E-state index in [9.17, 15) is 18.3 Å². The van der Waals surface area contributed by atoms with Crippen LogP contribution in [0.2, 0.25) is 0 Å². The molecule has 0 aliphatic rings. The van der Waals surface area contributed by atoms with Gasteiger partial charge in [-0.05, 0) is 31.0 Å². The van der Waals surface area contributed by atoms with E-state index in [1.54, 1.807) is 12.1 Å². The van der Waals surface area contributed by atoms with Crippen LogP contribution in [0.5, 0.6) is 5.75 Å². The van der Waals surface area contributed by atoms with E-state index in [0.717, 1.165) is 5.56 Å². The third-order valence-corrected chi connectivity index (χ3v) is 4.50. The Bertz CT molecular complexity index is 677. The van der Waals surface area contributed by atoms with E-state index in [0.29, 0.717) is 23.5 Å². The molecule has 0 amide bonds. The van der Waals surface area contributed by atoms with Gasteiger partial charge in [0, 0.05) is 18.0 Å². The van der Waals surface area contributed by atoms with Crippen LogP contribution in [-0.2, 0) is 12.6 Å². The summed E-state index contributed by atoms with van der Waals surface area (Å²) in [5.74, 6) is 0.669. The van der Waals surface area contributed by atoms with Crippen LogP contribution in [0.15, 0.2) is 29.6 Å². The number of rotatable bonds is 9. The molecule has 0 bridgehead atoms. The van der Waals surface area contributed by atoms with Crippen molar-refractivity contribution in [2.75, 3.05) is 19.8 Å². The fraction of sp³-hybridized carbons (Fsp3) is 0.471. The number of hydrogen-bond donors (Lipinski definition) is 3. The van der Waals surface area contributed by atoms with E-state index in [2.05, 4.69) is 10.3 Å². The Morgan fingerprint density at radius 3 is 2.54 bits per heavy atom. The lowest BCUT2D eigenvalue weighted by Gasteiger charge is -2.16. The minimum absolute atomic E-state index is 0.00887. The predicted molar refractivity (Wildman–Crippen MR) is 92.3 cm³/mol. The largest absolute Gasteiger partial charge is 0.491 e. The first-order valence-corrected chi connectivity index (χ1v) is 8.94. The Hall–Kier alpha value is -1.68. The second-order valence-electron chi connectivity index (χ2n) is 5.82. The Morgan fingerprint density at radius 1 is 1.27 bits per heavy atom. The molecule has 0 aliphatic carbocycles. The maximum atomic E-state index is 12.5. The molecule has 0 radical (unpaired) electrons. The van der Waals surface area contributed by atoms with Gasteiger partial charge in [-0.1, -0.05) is 12.1 Å². The second-order valence-corrected chi connectivity index (χ2v) is 6.68. The van der Waals surface area contributed by atoms with Gasteiger partial charge in [-0.25, -0.2) is 4.98 Å². The third kappa shape index (κ3) is 6.24. The summed E-state index contributed by atoms with van der Waals surface area (Å²) in [5, 5.41) is 22.1. The molecular formula is C17H21F3N2O3S. The predicted octanol–water partition coefficient (Wildman–Crippen LogP) is 2.79. The number of nitrogens with zero attached hydrogens (tertiary/aromatic N) is 1. The molecule has 1 aromatic heterocycles. The standard InChI is InChI=1S/C17H21F3N2O3S/c1-11(8-12-2-4-13(5-3-12)25-7-6-23)21-9-15(24)14-10-26-16(22-14)17(18,19)20/h2-5,10-11,15,21,23-24H,6-9H2,1H3. The van der Waals surface area contributed by atoms with Crippen LogP contribution in [-0.4, -0.2) is 41.0 Å². The summed E-state index contributed by atoms with van der Waals surface area (Å²) in [5.41, 5.74) is 1.07. The molecule has 0 spiro atoms. The first-order valence-electron chi connectivity index (χ1n) is 8.06. The first kappa shape index (κ1) is 20.6. The van der Waals surface area contributed by atoms with Crippen molar-refractivity contribution >= 4 is 11.3 Å². The average molecular weight is 390 g/mol. The lowest BCUT2D eigenvalue weighted by Crippen LogP contribution is -2.32. The van der Waals surface area contributed by atoms with Crippen molar-refractivity contribution < 1.29 is 28.1 Å². The molecule has 3 N–H and O–H groups in total. The van der Waals surface area contributed by atoms with Crippen molar-refractivity contribution in [2.24, 2.45) is 0 Å². The molecule has 1 aromatic carbocycles. The molecule has 9 heteroatoms. The smallest absolute Gasteiger partial charge is 0.443 e.